The van der Waals surface area contributed by atoms with Crippen LogP contribution in [0.5, 0.6) is 0 Å². The van der Waals surface area contributed by atoms with E-state index in [9.17, 15) is 58.2 Å². The Hall–Kier alpha value is -7.64. The number of carbonyl (C=O) groups is 9. The fraction of sp³-hybridized carbons (Fsp3) is 0.479. The summed E-state index contributed by atoms with van der Waals surface area (Å²) < 4.78 is 27.6. The van der Waals surface area contributed by atoms with Gasteiger partial charge in [-0.05, 0) is 74.6 Å². The molecule has 1 aromatic carbocycles. The molecule has 25 heteroatoms. The van der Waals surface area contributed by atoms with Gasteiger partial charge in [-0.25, -0.2) is 19.0 Å². The number of primary amides is 1. The highest BCUT2D eigenvalue weighted by atomic mass is 19.1. The number of imide groups is 1. The molecular formula is C48H57FN10O14. The molecule has 2 aromatic heterocycles. The van der Waals surface area contributed by atoms with Gasteiger partial charge in [0, 0.05) is 54.2 Å². The van der Waals surface area contributed by atoms with Gasteiger partial charge in [-0.3, -0.25) is 43.3 Å². The number of aliphatic hydroxyl groups is 2. The number of pyridine rings is 2. The first kappa shape index (κ1) is 53.2. The molecule has 10 N–H and O–H groups in total. The van der Waals surface area contributed by atoms with Gasteiger partial charge < -0.3 is 61.9 Å². The summed E-state index contributed by atoms with van der Waals surface area (Å²) in [5.41, 5.74) is 6.07. The standard InChI is InChI=1S/C48H57FN10O14/c1-3-48(71)28-16-34-42-26(19-59(34)45(68)27(28)21-73-46(48)69)41-30(11-10-25-24(2)29(49)17-32(57-42)40(25)41)54-37(63)22-72-23-53-43(66)31(8-7-14-51-47(50)70)55-36(62)18-52-44(67)33(20-60)56-35(61)9-5-4-6-15-58-38(64)12-13-39(58)65/h12-13,16-17,30-31,33,60,71H,3-11,14-15,18-23H2,1-2H3,(H,52,67)(H,53,66)(H,54,63)(H,55,62)(H,56,61)(H3,50,51,70)/t30-,31-,33-,48-/m0/s1. The summed E-state index contributed by atoms with van der Waals surface area (Å²) in [4.78, 5) is 132. The molecule has 0 radical (unpaired) electrons. The molecule has 7 rings (SSSR count). The number of esters is 1. The first-order chi connectivity index (χ1) is 34.9. The number of aliphatic hydroxyl groups excluding tert-OH is 1. The number of cyclic esters (lactones) is 1. The molecule has 0 unspecified atom stereocenters. The van der Waals surface area contributed by atoms with Crippen LogP contribution in [0, 0.1) is 12.7 Å². The number of ether oxygens (including phenoxy) is 2. The zero-order valence-electron chi connectivity index (χ0n) is 40.2. The van der Waals surface area contributed by atoms with Crippen molar-refractivity contribution in [3.63, 3.8) is 0 Å². The second-order valence-corrected chi connectivity index (χ2v) is 18.1. The average Bonchev–Trinajstić information content (AvgIpc) is 3.90. The lowest BCUT2D eigenvalue weighted by molar-refractivity contribution is -0.172. The quantitative estimate of drug-likeness (QED) is 0.0181. The van der Waals surface area contributed by atoms with Crippen molar-refractivity contribution >= 4 is 64.3 Å². The Labute approximate surface area is 416 Å². The molecule has 0 fully saturated rings. The number of nitrogens with zero attached hydrogens (tertiary/aromatic N) is 3. The van der Waals surface area contributed by atoms with Crippen molar-refractivity contribution in [2.24, 2.45) is 5.73 Å². The van der Waals surface area contributed by atoms with Crippen molar-refractivity contribution < 1.29 is 67.2 Å². The second kappa shape index (κ2) is 22.8. The molecule has 3 aliphatic heterocycles. The van der Waals surface area contributed by atoms with Crippen molar-refractivity contribution in [3.8, 4) is 11.4 Å². The molecule has 73 heavy (non-hydrogen) atoms. The van der Waals surface area contributed by atoms with Gasteiger partial charge in [0.1, 0.15) is 37.8 Å². The lowest BCUT2D eigenvalue weighted by atomic mass is 9.81. The molecular weight excluding hydrogens is 960 g/mol. The molecule has 1 aliphatic carbocycles. The molecule has 0 bridgehead atoms. The lowest BCUT2D eigenvalue weighted by Gasteiger charge is -2.31. The highest BCUT2D eigenvalue weighted by molar-refractivity contribution is 6.12. The monoisotopic (exact) mass is 1020 g/mol. The largest absolute Gasteiger partial charge is 0.458 e. The van der Waals surface area contributed by atoms with Gasteiger partial charge in [0.05, 0.1) is 48.2 Å². The second-order valence-electron chi connectivity index (χ2n) is 18.1. The number of amides is 9. The highest BCUT2D eigenvalue weighted by Crippen LogP contribution is 2.46. The number of hydrogen-bond acceptors (Lipinski definition) is 15. The number of urea groups is 1. The average molecular weight is 1020 g/mol. The molecule has 4 aliphatic rings. The number of nitrogens with one attached hydrogen (secondary N) is 6. The minimum absolute atomic E-state index is 0.0214. The zero-order chi connectivity index (χ0) is 52.7. The molecule has 0 spiro atoms. The van der Waals surface area contributed by atoms with Crippen molar-refractivity contribution in [1.29, 1.82) is 0 Å². The van der Waals surface area contributed by atoms with Crippen LogP contribution in [-0.4, -0.2) is 130 Å². The van der Waals surface area contributed by atoms with Crippen molar-refractivity contribution in [1.82, 2.24) is 46.4 Å². The van der Waals surface area contributed by atoms with Crippen LogP contribution >= 0.6 is 0 Å². The number of unbranched alkanes of at least 4 members (excludes halogenated alkanes) is 2. The topological polar surface area (TPSA) is 349 Å². The highest BCUT2D eigenvalue weighted by Gasteiger charge is 2.46. The normalized spacial score (nSPS) is 18.0. The van der Waals surface area contributed by atoms with Crippen LogP contribution in [0.2, 0.25) is 0 Å². The van der Waals surface area contributed by atoms with E-state index in [-0.39, 0.29) is 68.6 Å². The van der Waals surface area contributed by atoms with Gasteiger partial charge in [-0.1, -0.05) is 13.3 Å². The number of hydrogen-bond donors (Lipinski definition) is 9. The molecule has 0 saturated carbocycles. The van der Waals surface area contributed by atoms with Gasteiger partial charge in [0.2, 0.25) is 29.5 Å². The van der Waals surface area contributed by atoms with Gasteiger partial charge in [-0.15, -0.1) is 0 Å². The third-order valence-corrected chi connectivity index (χ3v) is 13.4. The Morgan fingerprint density at radius 1 is 0.932 bits per heavy atom. The van der Waals surface area contributed by atoms with E-state index in [1.165, 1.54) is 22.8 Å². The smallest absolute Gasteiger partial charge is 0.343 e. The van der Waals surface area contributed by atoms with Gasteiger partial charge >= 0.3 is 12.0 Å². The predicted molar refractivity (Wildman–Crippen MR) is 252 cm³/mol. The van der Waals surface area contributed by atoms with Crippen LogP contribution in [0.15, 0.2) is 29.1 Å². The number of rotatable bonds is 23. The van der Waals surface area contributed by atoms with Crippen molar-refractivity contribution in [3.05, 3.63) is 73.8 Å². The third kappa shape index (κ3) is 11.5. The summed E-state index contributed by atoms with van der Waals surface area (Å²) in [5, 5.41) is 36.8. The Bertz CT molecular complexity index is 2850. The fourth-order valence-electron chi connectivity index (χ4n) is 9.49. The van der Waals surface area contributed by atoms with E-state index < -0.39 is 115 Å². The van der Waals surface area contributed by atoms with Crippen LogP contribution in [0.25, 0.3) is 22.3 Å². The van der Waals surface area contributed by atoms with E-state index in [0.717, 1.165) is 4.90 Å². The number of aromatic nitrogens is 2. The van der Waals surface area contributed by atoms with E-state index >= 15 is 4.39 Å². The number of benzene rings is 1. The minimum atomic E-state index is -2.07. The van der Waals surface area contributed by atoms with E-state index in [2.05, 4.69) is 31.9 Å². The molecule has 390 valence electrons. The summed E-state index contributed by atoms with van der Waals surface area (Å²) in [6, 6.07) is -1.28. The molecule has 5 heterocycles. The molecule has 3 aromatic rings. The predicted octanol–water partition coefficient (Wildman–Crippen LogP) is -1.27. The summed E-state index contributed by atoms with van der Waals surface area (Å²) in [6.07, 6.45) is 4.44. The maximum absolute atomic E-state index is 15.4. The number of nitrogens with two attached hydrogens (primary N) is 1. The van der Waals surface area contributed by atoms with Crippen LogP contribution in [0.1, 0.15) is 97.7 Å². The number of carbonyl (C=O) groups excluding carboxylic acids is 9. The summed E-state index contributed by atoms with van der Waals surface area (Å²) in [5.74, 6) is -5.79. The number of aryl methyl sites for hydroxylation is 1. The van der Waals surface area contributed by atoms with E-state index in [1.807, 2.05) is 0 Å². The zero-order valence-corrected chi connectivity index (χ0v) is 40.2. The third-order valence-electron chi connectivity index (χ3n) is 13.4. The Morgan fingerprint density at radius 2 is 1.66 bits per heavy atom. The summed E-state index contributed by atoms with van der Waals surface area (Å²) in [7, 11) is 0. The van der Waals surface area contributed by atoms with Crippen molar-refractivity contribution in [2.75, 3.05) is 39.6 Å². The van der Waals surface area contributed by atoms with E-state index in [0.29, 0.717) is 71.1 Å². The van der Waals surface area contributed by atoms with E-state index in [1.54, 1.807) is 19.9 Å². The molecule has 4 atom stereocenters. The summed E-state index contributed by atoms with van der Waals surface area (Å²) in [6.45, 7) is 0.678. The van der Waals surface area contributed by atoms with Crippen LogP contribution in [0.3, 0.4) is 0 Å². The Balaban J connectivity index is 0.933. The number of halogens is 1. The number of fused-ring (bicyclic) bond motifs is 5. The SMILES string of the molecule is CC[C@@]1(O)C(=O)OCc2c1cc1n(c2=O)Cc2c-1nc1cc(F)c(C)c3c1c2[C@@H](NC(=O)COCNC(=O)[C@H](CCCNC(N)=O)NC(=O)CNC(=O)[C@H](CO)NC(=O)CCCCCN1C(=O)C=CC1=O)CC3. The summed E-state index contributed by atoms with van der Waals surface area (Å²) >= 11 is 0. The molecule has 0 saturated heterocycles. The van der Waals surface area contributed by atoms with Crippen molar-refractivity contribution in [2.45, 2.75) is 109 Å². The first-order valence-corrected chi connectivity index (χ1v) is 23.9. The van der Waals surface area contributed by atoms with Crippen LogP contribution < -0.4 is 43.2 Å². The first-order valence-electron chi connectivity index (χ1n) is 23.9. The Morgan fingerprint density at radius 3 is 2.37 bits per heavy atom. The van der Waals surface area contributed by atoms with Gasteiger partial charge in [0.25, 0.3) is 17.4 Å². The maximum Gasteiger partial charge on any atom is 0.343 e. The fourth-order valence-corrected chi connectivity index (χ4v) is 9.49. The molecule has 9 amide bonds. The Kier molecular flexibility index (Phi) is 16.6. The lowest BCUT2D eigenvalue weighted by Crippen LogP contribution is -2.53. The maximum atomic E-state index is 15.4. The van der Waals surface area contributed by atoms with Gasteiger partial charge in [-0.2, -0.15) is 0 Å². The molecule has 24 nitrogen and oxygen atoms in total. The van der Waals surface area contributed by atoms with E-state index in [4.69, 9.17) is 20.2 Å². The van der Waals surface area contributed by atoms with Crippen LogP contribution in [-0.2, 0) is 73.0 Å². The van der Waals surface area contributed by atoms with Crippen LogP contribution in [0.4, 0.5) is 9.18 Å². The minimum Gasteiger partial charge on any atom is -0.458 e. The van der Waals surface area contributed by atoms with Gasteiger partial charge in [0.15, 0.2) is 5.60 Å².